The first-order valence-corrected chi connectivity index (χ1v) is 11.8. The zero-order valence-corrected chi connectivity index (χ0v) is 18.9. The van der Waals surface area contributed by atoms with Crippen LogP contribution in [0.1, 0.15) is 39.9 Å². The maximum atomic E-state index is 13.2. The Kier molecular flexibility index (Phi) is 6.12. The Morgan fingerprint density at radius 1 is 0.848 bits per heavy atom. The highest BCUT2D eigenvalue weighted by molar-refractivity contribution is 5.99. The summed E-state index contributed by atoms with van der Waals surface area (Å²) >= 11 is 0. The molecule has 1 atom stereocenters. The quantitative estimate of drug-likeness (QED) is 0.581. The van der Waals surface area contributed by atoms with Crippen LogP contribution in [0.5, 0.6) is 0 Å². The number of amides is 1. The summed E-state index contributed by atoms with van der Waals surface area (Å²) in [6.45, 7) is 3.37. The van der Waals surface area contributed by atoms with Crippen LogP contribution in [0.15, 0.2) is 91.0 Å². The maximum absolute atomic E-state index is 13.2. The van der Waals surface area contributed by atoms with Gasteiger partial charge in [0, 0.05) is 43.7 Å². The second kappa shape index (κ2) is 9.34. The minimum Gasteiger partial charge on any atom is -0.366 e. The molecule has 0 fully saturated rings. The molecule has 2 aliphatic rings. The van der Waals surface area contributed by atoms with Gasteiger partial charge in [0.2, 0.25) is 0 Å². The average Bonchev–Trinajstić information content (AvgIpc) is 3.07. The van der Waals surface area contributed by atoms with Gasteiger partial charge in [0.1, 0.15) is 0 Å². The van der Waals surface area contributed by atoms with E-state index in [9.17, 15) is 9.90 Å². The van der Waals surface area contributed by atoms with Crippen LogP contribution in [-0.4, -0.2) is 47.0 Å². The molecule has 0 aliphatic carbocycles. The van der Waals surface area contributed by atoms with Crippen molar-refractivity contribution in [2.45, 2.75) is 25.0 Å². The molecule has 3 aromatic carbocycles. The van der Waals surface area contributed by atoms with Crippen LogP contribution in [-0.2, 0) is 12.1 Å². The van der Waals surface area contributed by atoms with Crippen molar-refractivity contribution in [1.82, 2.24) is 9.80 Å². The fourth-order valence-electron chi connectivity index (χ4n) is 5.12. The Morgan fingerprint density at radius 3 is 2.27 bits per heavy atom. The van der Waals surface area contributed by atoms with E-state index in [-0.39, 0.29) is 5.91 Å². The smallest absolute Gasteiger partial charge is 0.256 e. The van der Waals surface area contributed by atoms with E-state index in [0.717, 1.165) is 38.0 Å². The van der Waals surface area contributed by atoms with E-state index >= 15 is 0 Å². The molecule has 33 heavy (non-hydrogen) atoms. The van der Waals surface area contributed by atoms with Crippen LogP contribution in [0, 0.1) is 0 Å². The van der Waals surface area contributed by atoms with E-state index in [1.165, 1.54) is 11.1 Å². The number of hydrogen-bond donors (Lipinski definition) is 1. The van der Waals surface area contributed by atoms with Gasteiger partial charge in [0.25, 0.3) is 5.91 Å². The van der Waals surface area contributed by atoms with E-state index in [1.807, 2.05) is 54.6 Å². The zero-order valence-electron chi connectivity index (χ0n) is 18.9. The molecule has 0 spiro atoms. The van der Waals surface area contributed by atoms with Crippen LogP contribution in [0.4, 0.5) is 0 Å². The molecule has 0 aromatic heterocycles. The molecule has 0 radical (unpaired) electrons. The van der Waals surface area contributed by atoms with E-state index in [1.54, 1.807) is 4.90 Å². The van der Waals surface area contributed by atoms with E-state index < -0.39 is 5.72 Å². The Hall–Kier alpha value is -3.21. The third kappa shape index (κ3) is 4.37. The van der Waals surface area contributed by atoms with Crippen molar-refractivity contribution in [3.8, 4) is 0 Å². The molecule has 5 rings (SSSR count). The third-order valence-corrected chi connectivity index (χ3v) is 6.87. The summed E-state index contributed by atoms with van der Waals surface area (Å²) in [5, 5.41) is 11.8. The highest BCUT2D eigenvalue weighted by Gasteiger charge is 2.47. The van der Waals surface area contributed by atoms with Gasteiger partial charge in [0.15, 0.2) is 5.72 Å². The summed E-state index contributed by atoms with van der Waals surface area (Å²) in [7, 11) is 0. The van der Waals surface area contributed by atoms with Gasteiger partial charge in [-0.3, -0.25) is 9.69 Å². The standard InChI is InChI=1S/C29H30N2O2/c32-28-26-14-7-8-15-27(26)29(33,22-23-10-3-1-4-11-23)31(28)19-9-18-30-20-16-25(17-21-30)24-12-5-2-6-13-24/h1-8,10-16,33H,9,17-22H2. The second-order valence-electron chi connectivity index (χ2n) is 8.98. The largest absolute Gasteiger partial charge is 0.366 e. The molecule has 0 saturated heterocycles. The Bertz CT molecular complexity index is 1140. The van der Waals surface area contributed by atoms with E-state index in [2.05, 4.69) is 41.3 Å². The van der Waals surface area contributed by atoms with Crippen molar-refractivity contribution in [3.05, 3.63) is 113 Å². The van der Waals surface area contributed by atoms with Gasteiger partial charge in [-0.15, -0.1) is 0 Å². The number of benzene rings is 3. The summed E-state index contributed by atoms with van der Waals surface area (Å²) in [5.74, 6) is -0.0751. The topological polar surface area (TPSA) is 43.8 Å². The highest BCUT2D eigenvalue weighted by Crippen LogP contribution is 2.39. The summed E-state index contributed by atoms with van der Waals surface area (Å²) in [6, 6.07) is 28.0. The number of nitrogens with zero attached hydrogens (tertiary/aromatic N) is 2. The lowest BCUT2D eigenvalue weighted by molar-refractivity contribution is -0.0844. The normalized spacial score (nSPS) is 20.6. The summed E-state index contributed by atoms with van der Waals surface area (Å²) in [5.41, 5.74) is 3.76. The molecule has 1 amide bonds. The predicted molar refractivity (Wildman–Crippen MR) is 132 cm³/mol. The van der Waals surface area contributed by atoms with E-state index in [0.29, 0.717) is 24.1 Å². The molecular formula is C29H30N2O2. The van der Waals surface area contributed by atoms with Crippen molar-refractivity contribution in [2.75, 3.05) is 26.2 Å². The molecule has 4 nitrogen and oxygen atoms in total. The monoisotopic (exact) mass is 438 g/mol. The first kappa shape index (κ1) is 21.6. The molecule has 2 aliphatic heterocycles. The third-order valence-electron chi connectivity index (χ3n) is 6.87. The van der Waals surface area contributed by atoms with Crippen molar-refractivity contribution in [2.24, 2.45) is 0 Å². The van der Waals surface area contributed by atoms with Gasteiger partial charge in [-0.25, -0.2) is 0 Å². The summed E-state index contributed by atoms with van der Waals surface area (Å²) in [4.78, 5) is 17.3. The van der Waals surface area contributed by atoms with Crippen LogP contribution in [0.3, 0.4) is 0 Å². The SMILES string of the molecule is O=C1c2ccccc2C(O)(Cc2ccccc2)N1CCCN1CC=C(c2ccccc2)CC1. The van der Waals surface area contributed by atoms with Gasteiger partial charge in [-0.05, 0) is 35.6 Å². The number of hydrogen-bond acceptors (Lipinski definition) is 3. The Morgan fingerprint density at radius 2 is 1.55 bits per heavy atom. The van der Waals surface area contributed by atoms with Crippen LogP contribution in [0.2, 0.25) is 0 Å². The number of carbonyl (C=O) groups excluding carboxylic acids is 1. The molecule has 0 saturated carbocycles. The molecule has 1 N–H and O–H groups in total. The molecule has 4 heteroatoms. The number of aliphatic hydroxyl groups is 1. The number of rotatable bonds is 7. The van der Waals surface area contributed by atoms with Crippen molar-refractivity contribution in [1.29, 1.82) is 0 Å². The van der Waals surface area contributed by atoms with Crippen LogP contribution < -0.4 is 0 Å². The van der Waals surface area contributed by atoms with Gasteiger partial charge in [-0.1, -0.05) is 84.9 Å². The number of carbonyl (C=O) groups is 1. The van der Waals surface area contributed by atoms with Crippen molar-refractivity contribution < 1.29 is 9.90 Å². The second-order valence-corrected chi connectivity index (χ2v) is 8.98. The maximum Gasteiger partial charge on any atom is 0.256 e. The van der Waals surface area contributed by atoms with Crippen LogP contribution >= 0.6 is 0 Å². The zero-order chi connectivity index (χ0) is 22.7. The van der Waals surface area contributed by atoms with Gasteiger partial charge in [0.05, 0.1) is 0 Å². The minimum absolute atomic E-state index is 0.0751. The molecule has 2 heterocycles. The molecule has 1 unspecified atom stereocenters. The average molecular weight is 439 g/mol. The fraction of sp³-hybridized carbons (Fsp3) is 0.276. The Labute approximate surface area is 195 Å². The predicted octanol–water partition coefficient (Wildman–Crippen LogP) is 4.71. The highest BCUT2D eigenvalue weighted by atomic mass is 16.3. The lowest BCUT2D eigenvalue weighted by Crippen LogP contribution is -2.46. The fourth-order valence-corrected chi connectivity index (χ4v) is 5.12. The summed E-state index contributed by atoms with van der Waals surface area (Å²) < 4.78 is 0. The first-order chi connectivity index (χ1) is 16.1. The molecule has 3 aromatic rings. The van der Waals surface area contributed by atoms with Gasteiger partial charge in [-0.2, -0.15) is 0 Å². The minimum atomic E-state index is -1.31. The lowest BCUT2D eigenvalue weighted by atomic mass is 9.94. The summed E-state index contributed by atoms with van der Waals surface area (Å²) in [6.07, 6.45) is 4.58. The molecule has 0 bridgehead atoms. The first-order valence-electron chi connectivity index (χ1n) is 11.8. The van der Waals surface area contributed by atoms with Crippen molar-refractivity contribution >= 4 is 11.5 Å². The molecule has 168 valence electrons. The Balaban J connectivity index is 1.26. The van der Waals surface area contributed by atoms with E-state index in [4.69, 9.17) is 0 Å². The van der Waals surface area contributed by atoms with Gasteiger partial charge >= 0.3 is 0 Å². The lowest BCUT2D eigenvalue weighted by Gasteiger charge is -2.35. The molecular weight excluding hydrogens is 408 g/mol. The number of fused-ring (bicyclic) bond motifs is 1. The van der Waals surface area contributed by atoms with Crippen LogP contribution in [0.25, 0.3) is 5.57 Å². The van der Waals surface area contributed by atoms with Gasteiger partial charge < -0.3 is 10.0 Å². The van der Waals surface area contributed by atoms with Crippen molar-refractivity contribution in [3.63, 3.8) is 0 Å².